The van der Waals surface area contributed by atoms with Gasteiger partial charge in [0.15, 0.2) is 11.5 Å². The van der Waals surface area contributed by atoms with E-state index >= 15 is 0 Å². The summed E-state index contributed by atoms with van der Waals surface area (Å²) >= 11 is 0. The number of fused-ring (bicyclic) bond motifs is 1. The van der Waals surface area contributed by atoms with Crippen molar-refractivity contribution >= 4 is 11.9 Å². The van der Waals surface area contributed by atoms with E-state index < -0.39 is 5.97 Å². The molecule has 1 heterocycles. The summed E-state index contributed by atoms with van der Waals surface area (Å²) in [5, 5.41) is 12.0. The maximum atomic E-state index is 12.5. The van der Waals surface area contributed by atoms with Crippen LogP contribution in [0.4, 0.5) is 0 Å². The Labute approximate surface area is 134 Å². The fourth-order valence-electron chi connectivity index (χ4n) is 3.18. The Hall–Kier alpha value is -2.24. The van der Waals surface area contributed by atoms with Gasteiger partial charge in [-0.25, -0.2) is 0 Å². The molecule has 23 heavy (non-hydrogen) atoms. The second-order valence-electron chi connectivity index (χ2n) is 6.17. The van der Waals surface area contributed by atoms with Gasteiger partial charge in [-0.3, -0.25) is 9.59 Å². The van der Waals surface area contributed by atoms with Crippen molar-refractivity contribution in [3.8, 4) is 11.5 Å². The van der Waals surface area contributed by atoms with Crippen LogP contribution in [0.5, 0.6) is 11.5 Å². The lowest BCUT2D eigenvalue weighted by molar-refractivity contribution is -0.142. The van der Waals surface area contributed by atoms with Crippen molar-refractivity contribution in [1.29, 1.82) is 0 Å². The van der Waals surface area contributed by atoms with Gasteiger partial charge in [0.25, 0.3) is 5.91 Å². The highest BCUT2D eigenvalue weighted by Gasteiger charge is 2.27. The van der Waals surface area contributed by atoms with E-state index in [2.05, 4.69) is 5.32 Å². The molecule has 0 atom stereocenters. The van der Waals surface area contributed by atoms with Gasteiger partial charge in [0.1, 0.15) is 13.2 Å². The Balaban J connectivity index is 1.66. The molecular formula is C17H21NO5. The Morgan fingerprint density at radius 1 is 1.09 bits per heavy atom. The summed E-state index contributed by atoms with van der Waals surface area (Å²) < 4.78 is 11.0. The first-order valence-corrected chi connectivity index (χ1v) is 7.98. The first-order valence-electron chi connectivity index (χ1n) is 7.98. The average Bonchev–Trinajstić information content (AvgIpc) is 2.54. The molecule has 6 nitrogen and oxygen atoms in total. The van der Waals surface area contributed by atoms with Gasteiger partial charge < -0.3 is 19.9 Å². The fraction of sp³-hybridized carbons (Fsp3) is 0.529. The summed E-state index contributed by atoms with van der Waals surface area (Å²) in [7, 11) is 0. The van der Waals surface area contributed by atoms with Crippen LogP contribution in [0.15, 0.2) is 12.1 Å². The van der Waals surface area contributed by atoms with Crippen molar-refractivity contribution in [1.82, 2.24) is 5.32 Å². The largest absolute Gasteiger partial charge is 0.486 e. The molecule has 0 aromatic heterocycles. The van der Waals surface area contributed by atoms with Crippen molar-refractivity contribution < 1.29 is 24.2 Å². The Morgan fingerprint density at radius 3 is 2.30 bits per heavy atom. The van der Waals surface area contributed by atoms with Crippen LogP contribution < -0.4 is 14.8 Å². The van der Waals surface area contributed by atoms with E-state index in [1.165, 1.54) is 0 Å². The van der Waals surface area contributed by atoms with E-state index in [0.29, 0.717) is 56.0 Å². The zero-order valence-electron chi connectivity index (χ0n) is 13.1. The number of ether oxygens (including phenoxy) is 2. The molecular weight excluding hydrogens is 298 g/mol. The molecule has 2 aliphatic rings. The third-order valence-corrected chi connectivity index (χ3v) is 4.55. The number of hydrogen-bond acceptors (Lipinski definition) is 4. The van der Waals surface area contributed by atoms with Gasteiger partial charge in [0, 0.05) is 11.6 Å². The quantitative estimate of drug-likeness (QED) is 0.891. The first kappa shape index (κ1) is 15.6. The zero-order valence-corrected chi connectivity index (χ0v) is 13.1. The summed E-state index contributed by atoms with van der Waals surface area (Å²) in [6.07, 6.45) is 2.62. The Bertz CT molecular complexity index is 620. The van der Waals surface area contributed by atoms with Gasteiger partial charge in [-0.15, -0.1) is 0 Å². The van der Waals surface area contributed by atoms with E-state index in [1.54, 1.807) is 6.07 Å². The van der Waals surface area contributed by atoms with Gasteiger partial charge in [-0.1, -0.05) is 0 Å². The number of carbonyl (C=O) groups excluding carboxylic acids is 1. The number of hydrogen-bond donors (Lipinski definition) is 2. The number of benzene rings is 1. The van der Waals surface area contributed by atoms with Gasteiger partial charge >= 0.3 is 5.97 Å². The number of carboxylic acids is 1. The number of carboxylic acid groups (broad SMARTS) is 1. The predicted octanol–water partition coefficient (Wildman–Crippen LogP) is 2.14. The molecule has 0 bridgehead atoms. The number of amides is 1. The standard InChI is InChI=1S/C17H21NO5/c1-10-8-14-15(23-7-6-22-14)9-13(10)16(19)18-12-4-2-11(3-5-12)17(20)21/h8-9,11-12H,2-7H2,1H3,(H,18,19)(H,20,21). The molecule has 0 unspecified atom stereocenters. The van der Waals surface area contributed by atoms with Crippen molar-refractivity contribution in [2.24, 2.45) is 5.92 Å². The number of aryl methyl sites for hydroxylation is 1. The van der Waals surface area contributed by atoms with E-state index in [4.69, 9.17) is 14.6 Å². The third kappa shape index (κ3) is 3.41. The summed E-state index contributed by atoms with van der Waals surface area (Å²) in [5.74, 6) is 0.115. The maximum Gasteiger partial charge on any atom is 0.306 e. The topological polar surface area (TPSA) is 84.9 Å². The lowest BCUT2D eigenvalue weighted by atomic mass is 9.86. The molecule has 1 fully saturated rings. The van der Waals surface area contributed by atoms with Crippen LogP contribution >= 0.6 is 0 Å². The summed E-state index contributed by atoms with van der Waals surface area (Å²) in [5.41, 5.74) is 1.42. The normalized spacial score (nSPS) is 23.2. The van der Waals surface area contributed by atoms with Crippen LogP contribution in [0.1, 0.15) is 41.6 Å². The van der Waals surface area contributed by atoms with Crippen LogP contribution in [0.25, 0.3) is 0 Å². The number of rotatable bonds is 3. The highest BCUT2D eigenvalue weighted by atomic mass is 16.6. The molecule has 1 aliphatic carbocycles. The molecule has 6 heteroatoms. The number of nitrogens with one attached hydrogen (secondary N) is 1. The van der Waals surface area contributed by atoms with Crippen LogP contribution in [0.2, 0.25) is 0 Å². The summed E-state index contributed by atoms with van der Waals surface area (Å²) in [6.45, 7) is 2.87. The van der Waals surface area contributed by atoms with E-state index in [0.717, 1.165) is 5.56 Å². The van der Waals surface area contributed by atoms with Crippen LogP contribution in [0.3, 0.4) is 0 Å². The van der Waals surface area contributed by atoms with Gasteiger partial charge in [-0.05, 0) is 50.3 Å². The molecule has 1 saturated carbocycles. The van der Waals surface area contributed by atoms with Crippen molar-refractivity contribution in [2.75, 3.05) is 13.2 Å². The van der Waals surface area contributed by atoms with E-state index in [1.807, 2.05) is 13.0 Å². The molecule has 3 rings (SSSR count). The van der Waals surface area contributed by atoms with Crippen molar-refractivity contribution in [2.45, 2.75) is 38.6 Å². The first-order chi connectivity index (χ1) is 11.0. The summed E-state index contributed by atoms with van der Waals surface area (Å²) in [4.78, 5) is 23.5. The van der Waals surface area contributed by atoms with Gasteiger partial charge in [-0.2, -0.15) is 0 Å². The lowest BCUT2D eigenvalue weighted by Crippen LogP contribution is -2.39. The second-order valence-corrected chi connectivity index (χ2v) is 6.17. The molecule has 0 spiro atoms. The van der Waals surface area contributed by atoms with E-state index in [-0.39, 0.29) is 17.9 Å². The van der Waals surface area contributed by atoms with Crippen molar-refractivity contribution in [3.05, 3.63) is 23.3 Å². The Morgan fingerprint density at radius 2 is 1.70 bits per heavy atom. The molecule has 0 saturated heterocycles. The Kier molecular flexibility index (Phi) is 4.41. The molecule has 1 amide bonds. The van der Waals surface area contributed by atoms with Crippen LogP contribution in [-0.2, 0) is 4.79 Å². The molecule has 124 valence electrons. The predicted molar refractivity (Wildman–Crippen MR) is 83.0 cm³/mol. The smallest absolute Gasteiger partial charge is 0.306 e. The molecule has 2 N–H and O–H groups in total. The van der Waals surface area contributed by atoms with E-state index in [9.17, 15) is 9.59 Å². The lowest BCUT2D eigenvalue weighted by Gasteiger charge is -2.27. The fourth-order valence-corrected chi connectivity index (χ4v) is 3.18. The summed E-state index contributed by atoms with van der Waals surface area (Å²) in [6, 6.07) is 3.58. The molecule has 1 aromatic carbocycles. The monoisotopic (exact) mass is 319 g/mol. The minimum absolute atomic E-state index is 0.0331. The molecule has 0 radical (unpaired) electrons. The zero-order chi connectivity index (χ0) is 16.4. The SMILES string of the molecule is Cc1cc2c(cc1C(=O)NC1CCC(C(=O)O)CC1)OCCO2. The van der Waals surface area contributed by atoms with Gasteiger partial charge in [0.2, 0.25) is 0 Å². The third-order valence-electron chi connectivity index (χ3n) is 4.55. The highest BCUT2D eigenvalue weighted by Crippen LogP contribution is 2.33. The highest BCUT2D eigenvalue weighted by molar-refractivity contribution is 5.96. The average molecular weight is 319 g/mol. The van der Waals surface area contributed by atoms with Gasteiger partial charge in [0.05, 0.1) is 5.92 Å². The van der Waals surface area contributed by atoms with Crippen LogP contribution in [0, 0.1) is 12.8 Å². The number of aliphatic carboxylic acids is 1. The minimum Gasteiger partial charge on any atom is -0.486 e. The number of carbonyl (C=O) groups is 2. The second kappa shape index (κ2) is 6.48. The molecule has 1 aliphatic heterocycles. The van der Waals surface area contributed by atoms with Crippen molar-refractivity contribution in [3.63, 3.8) is 0 Å². The minimum atomic E-state index is -0.738. The van der Waals surface area contributed by atoms with Crippen LogP contribution in [-0.4, -0.2) is 36.2 Å². The molecule has 1 aromatic rings. The maximum absolute atomic E-state index is 12.5.